The fourth-order valence-corrected chi connectivity index (χ4v) is 7.03. The summed E-state index contributed by atoms with van der Waals surface area (Å²) in [6, 6.07) is 26.8. The Hall–Kier alpha value is -5.23. The molecular formula is C38H29FN2O3. The highest BCUT2D eigenvalue weighted by atomic mass is 19.1. The summed E-state index contributed by atoms with van der Waals surface area (Å²) in [5.74, 6) is 2.05. The number of nitrogens with zero attached hydrogens (tertiary/aromatic N) is 2. The highest BCUT2D eigenvalue weighted by molar-refractivity contribution is 6.09. The summed E-state index contributed by atoms with van der Waals surface area (Å²) < 4.78 is 33.1. The van der Waals surface area contributed by atoms with E-state index in [0.717, 1.165) is 32.8 Å². The van der Waals surface area contributed by atoms with Crippen LogP contribution in [0.1, 0.15) is 41.9 Å². The van der Waals surface area contributed by atoms with Gasteiger partial charge in [0.1, 0.15) is 11.6 Å². The van der Waals surface area contributed by atoms with E-state index >= 15 is 0 Å². The molecule has 8 rings (SSSR count). The zero-order chi connectivity index (χ0) is 30.2. The number of para-hydroxylation sites is 1. The van der Waals surface area contributed by atoms with E-state index in [9.17, 15) is 4.39 Å². The molecule has 1 atom stereocenters. The minimum absolute atomic E-state index is 0.305. The van der Waals surface area contributed by atoms with Crippen LogP contribution in [0.2, 0.25) is 0 Å². The van der Waals surface area contributed by atoms with Gasteiger partial charge >= 0.3 is 0 Å². The highest BCUT2D eigenvalue weighted by Gasteiger charge is 2.45. The average molecular weight is 581 g/mol. The molecule has 0 fully saturated rings. The fourth-order valence-electron chi connectivity index (χ4n) is 7.03. The Morgan fingerprint density at radius 1 is 0.818 bits per heavy atom. The van der Waals surface area contributed by atoms with Gasteiger partial charge in [0.15, 0.2) is 17.3 Å². The van der Waals surface area contributed by atoms with Gasteiger partial charge in [-0.05, 0) is 64.0 Å². The molecule has 5 nitrogen and oxygen atoms in total. The smallest absolute Gasteiger partial charge is 0.212 e. The van der Waals surface area contributed by atoms with Crippen molar-refractivity contribution in [3.8, 4) is 28.4 Å². The molecule has 6 aromatic rings. The van der Waals surface area contributed by atoms with E-state index in [1.54, 1.807) is 26.4 Å². The van der Waals surface area contributed by atoms with Gasteiger partial charge in [0, 0.05) is 33.5 Å². The van der Waals surface area contributed by atoms with Crippen LogP contribution in [0.15, 0.2) is 97.2 Å². The van der Waals surface area contributed by atoms with Gasteiger partial charge in [0.25, 0.3) is 0 Å². The van der Waals surface area contributed by atoms with E-state index in [4.69, 9.17) is 24.2 Å². The van der Waals surface area contributed by atoms with Crippen molar-refractivity contribution in [1.82, 2.24) is 9.97 Å². The van der Waals surface area contributed by atoms with Crippen molar-refractivity contribution in [2.24, 2.45) is 0 Å². The molecule has 0 amide bonds. The SMILES string of the molecule is COc1cc2c3c(c4c(c2cc1OC)-c1ccccc1C4(C)C)C=CC(c1ccc(F)cc1)(c1ncc2ccccc2n1)O3. The van der Waals surface area contributed by atoms with Crippen LogP contribution in [0, 0.1) is 5.82 Å². The summed E-state index contributed by atoms with van der Waals surface area (Å²) in [4.78, 5) is 9.81. The lowest BCUT2D eigenvalue weighted by molar-refractivity contribution is 0.153. The molecule has 0 radical (unpaired) electrons. The minimum Gasteiger partial charge on any atom is -0.493 e. The standard InChI is InChI=1S/C38H29FN2O3/c1-37(2)29-11-7-6-10-25(29)33-27-19-31(42-3)32(43-4)20-28(27)35-26(34(33)37)17-18-38(44-35,23-13-15-24(39)16-14-23)36-40-21-22-9-5-8-12-30(22)41-36/h5-21H,1-4H3. The largest absolute Gasteiger partial charge is 0.493 e. The predicted octanol–water partition coefficient (Wildman–Crippen LogP) is 8.60. The Kier molecular flexibility index (Phi) is 5.63. The van der Waals surface area contributed by atoms with E-state index in [1.165, 1.54) is 28.8 Å². The zero-order valence-corrected chi connectivity index (χ0v) is 24.8. The molecular weight excluding hydrogens is 551 g/mol. The number of rotatable bonds is 4. The van der Waals surface area contributed by atoms with Crippen LogP contribution >= 0.6 is 0 Å². The Balaban J connectivity index is 1.48. The molecule has 216 valence electrons. The van der Waals surface area contributed by atoms with Crippen LogP contribution in [0.5, 0.6) is 17.2 Å². The van der Waals surface area contributed by atoms with Crippen LogP contribution in [0.4, 0.5) is 4.39 Å². The van der Waals surface area contributed by atoms with Gasteiger partial charge in [0.2, 0.25) is 5.60 Å². The first-order valence-electron chi connectivity index (χ1n) is 14.6. The monoisotopic (exact) mass is 580 g/mol. The number of fused-ring (bicyclic) bond motifs is 9. The van der Waals surface area contributed by atoms with Crippen molar-refractivity contribution in [3.63, 3.8) is 0 Å². The van der Waals surface area contributed by atoms with Gasteiger partial charge in [-0.1, -0.05) is 74.5 Å². The second kappa shape index (κ2) is 9.38. The molecule has 44 heavy (non-hydrogen) atoms. The average Bonchev–Trinajstić information content (AvgIpc) is 3.30. The first-order chi connectivity index (χ1) is 21.4. The lowest BCUT2D eigenvalue weighted by Gasteiger charge is -2.37. The van der Waals surface area contributed by atoms with Crippen LogP contribution in [0.3, 0.4) is 0 Å². The Labute approximate surface area is 254 Å². The summed E-state index contributed by atoms with van der Waals surface area (Å²) in [5, 5.41) is 2.79. The second-order valence-electron chi connectivity index (χ2n) is 11.8. The molecule has 0 saturated carbocycles. The van der Waals surface area contributed by atoms with Gasteiger partial charge in [-0.2, -0.15) is 0 Å². The Morgan fingerprint density at radius 3 is 2.30 bits per heavy atom. The van der Waals surface area contributed by atoms with Gasteiger partial charge < -0.3 is 14.2 Å². The molecule has 0 saturated heterocycles. The molecule has 1 aromatic heterocycles. The summed E-state index contributed by atoms with van der Waals surface area (Å²) in [5.41, 5.74) is 5.74. The van der Waals surface area contributed by atoms with Crippen LogP contribution < -0.4 is 14.2 Å². The molecule has 0 bridgehead atoms. The molecule has 1 aliphatic heterocycles. The van der Waals surface area contributed by atoms with Crippen molar-refractivity contribution in [2.75, 3.05) is 14.2 Å². The molecule has 1 aliphatic carbocycles. The summed E-state index contributed by atoms with van der Waals surface area (Å²) in [6.45, 7) is 4.51. The van der Waals surface area contributed by atoms with Crippen molar-refractivity contribution >= 4 is 27.8 Å². The molecule has 6 heteroatoms. The van der Waals surface area contributed by atoms with Crippen molar-refractivity contribution in [1.29, 1.82) is 0 Å². The molecule has 1 unspecified atom stereocenters. The van der Waals surface area contributed by atoms with E-state index in [0.29, 0.717) is 28.6 Å². The third-order valence-corrected chi connectivity index (χ3v) is 9.14. The third kappa shape index (κ3) is 3.57. The number of aromatic nitrogens is 2. The van der Waals surface area contributed by atoms with Gasteiger partial charge in [-0.15, -0.1) is 0 Å². The van der Waals surface area contributed by atoms with E-state index in [1.807, 2.05) is 48.7 Å². The number of halogens is 1. The highest BCUT2D eigenvalue weighted by Crippen LogP contribution is 2.58. The number of benzene rings is 5. The molecule has 0 spiro atoms. The van der Waals surface area contributed by atoms with Gasteiger partial charge in [-0.3, -0.25) is 0 Å². The normalized spacial score (nSPS) is 17.6. The van der Waals surface area contributed by atoms with Crippen molar-refractivity contribution < 1.29 is 18.6 Å². The summed E-state index contributed by atoms with van der Waals surface area (Å²) in [7, 11) is 3.28. The minimum atomic E-state index is -1.23. The van der Waals surface area contributed by atoms with E-state index in [-0.39, 0.29) is 11.2 Å². The number of methoxy groups -OCH3 is 2. The fraction of sp³-hybridized carbons (Fsp3) is 0.158. The first-order valence-corrected chi connectivity index (χ1v) is 14.6. The summed E-state index contributed by atoms with van der Waals surface area (Å²) in [6.07, 6.45) is 5.95. The van der Waals surface area contributed by atoms with E-state index < -0.39 is 5.60 Å². The number of ether oxygens (including phenoxy) is 3. The number of hydrogen-bond donors (Lipinski definition) is 0. The summed E-state index contributed by atoms with van der Waals surface area (Å²) >= 11 is 0. The second-order valence-corrected chi connectivity index (χ2v) is 11.8. The molecule has 5 aromatic carbocycles. The lowest BCUT2D eigenvalue weighted by atomic mass is 9.77. The maximum Gasteiger partial charge on any atom is 0.212 e. The molecule has 0 N–H and O–H groups in total. The van der Waals surface area contributed by atoms with E-state index in [2.05, 4.69) is 44.2 Å². The van der Waals surface area contributed by atoms with Crippen LogP contribution in [-0.2, 0) is 11.0 Å². The maximum atomic E-state index is 14.2. The quantitative estimate of drug-likeness (QED) is 0.209. The van der Waals surface area contributed by atoms with Crippen molar-refractivity contribution in [2.45, 2.75) is 24.9 Å². The lowest BCUT2D eigenvalue weighted by Crippen LogP contribution is -2.37. The van der Waals surface area contributed by atoms with Crippen LogP contribution in [0.25, 0.3) is 38.9 Å². The third-order valence-electron chi connectivity index (χ3n) is 9.14. The Morgan fingerprint density at radius 2 is 1.52 bits per heavy atom. The van der Waals surface area contributed by atoms with Crippen molar-refractivity contribution in [3.05, 3.63) is 131 Å². The zero-order valence-electron chi connectivity index (χ0n) is 24.8. The molecule has 2 heterocycles. The molecule has 2 aliphatic rings. The maximum absolute atomic E-state index is 14.2. The van der Waals surface area contributed by atoms with Crippen LogP contribution in [-0.4, -0.2) is 24.2 Å². The number of hydrogen-bond acceptors (Lipinski definition) is 5. The topological polar surface area (TPSA) is 53.5 Å². The Bertz CT molecular complexity index is 2170. The predicted molar refractivity (Wildman–Crippen MR) is 171 cm³/mol. The van der Waals surface area contributed by atoms with Gasteiger partial charge in [0.05, 0.1) is 19.7 Å². The first kappa shape index (κ1) is 26.4. The van der Waals surface area contributed by atoms with Gasteiger partial charge in [-0.25, -0.2) is 14.4 Å².